The van der Waals surface area contributed by atoms with Crippen molar-refractivity contribution in [1.29, 1.82) is 0 Å². The lowest BCUT2D eigenvalue weighted by atomic mass is 10.0. The van der Waals surface area contributed by atoms with E-state index in [1.807, 2.05) is 0 Å². The molecule has 0 rings (SSSR count). The molecular formula is C70H135NO5. The Hall–Kier alpha value is -1.66. The van der Waals surface area contributed by atoms with Gasteiger partial charge in [0.15, 0.2) is 0 Å². The molecule has 0 aliphatic carbocycles. The van der Waals surface area contributed by atoms with Crippen LogP contribution in [0.25, 0.3) is 0 Å². The van der Waals surface area contributed by atoms with Crippen molar-refractivity contribution in [1.82, 2.24) is 5.32 Å². The molecule has 450 valence electrons. The SMILES string of the molecule is CCCCCC/C=C\C/C=C\CCCCCCCCCC(=O)OCCCCCCCCCCCCCCCCCCCCCC(=O)NC(CO)C(O)CCCCCCCCCCCCCCCCCCCCCCCC. The smallest absolute Gasteiger partial charge is 0.305 e. The van der Waals surface area contributed by atoms with Crippen molar-refractivity contribution in [3.63, 3.8) is 0 Å². The number of esters is 1. The van der Waals surface area contributed by atoms with Crippen LogP contribution in [-0.2, 0) is 14.3 Å². The fraction of sp³-hybridized carbons (Fsp3) is 0.914. The zero-order chi connectivity index (χ0) is 55.0. The van der Waals surface area contributed by atoms with Gasteiger partial charge in [-0.25, -0.2) is 0 Å². The minimum atomic E-state index is -0.668. The molecule has 0 aromatic heterocycles. The lowest BCUT2D eigenvalue weighted by molar-refractivity contribution is -0.143. The summed E-state index contributed by atoms with van der Waals surface area (Å²) in [5.74, 6) is -0.0308. The first-order valence-corrected chi connectivity index (χ1v) is 34.6. The summed E-state index contributed by atoms with van der Waals surface area (Å²) in [5, 5.41) is 23.4. The number of carbonyl (C=O) groups excluding carboxylic acids is 2. The van der Waals surface area contributed by atoms with E-state index in [9.17, 15) is 19.8 Å². The van der Waals surface area contributed by atoms with Crippen molar-refractivity contribution in [2.24, 2.45) is 0 Å². The molecule has 0 saturated heterocycles. The van der Waals surface area contributed by atoms with Crippen molar-refractivity contribution in [3.05, 3.63) is 24.3 Å². The summed E-state index contributed by atoms with van der Waals surface area (Å²) in [5.41, 5.74) is 0. The van der Waals surface area contributed by atoms with Gasteiger partial charge < -0.3 is 20.3 Å². The zero-order valence-electron chi connectivity index (χ0n) is 51.5. The van der Waals surface area contributed by atoms with Crippen molar-refractivity contribution < 1.29 is 24.5 Å². The van der Waals surface area contributed by atoms with Crippen LogP contribution in [-0.4, -0.2) is 47.4 Å². The predicted octanol–water partition coefficient (Wildman–Crippen LogP) is 22.1. The highest BCUT2D eigenvalue weighted by Gasteiger charge is 2.20. The molecule has 0 aromatic rings. The molecule has 6 nitrogen and oxygen atoms in total. The molecule has 0 aliphatic rings. The van der Waals surface area contributed by atoms with Gasteiger partial charge in [-0.1, -0.05) is 340 Å². The molecule has 2 unspecified atom stereocenters. The van der Waals surface area contributed by atoms with E-state index in [4.69, 9.17) is 4.74 Å². The first-order valence-electron chi connectivity index (χ1n) is 34.6. The van der Waals surface area contributed by atoms with E-state index >= 15 is 0 Å². The van der Waals surface area contributed by atoms with Crippen LogP contribution >= 0.6 is 0 Å². The molecule has 0 fully saturated rings. The van der Waals surface area contributed by atoms with E-state index in [-0.39, 0.29) is 18.5 Å². The van der Waals surface area contributed by atoms with E-state index in [1.54, 1.807) is 0 Å². The van der Waals surface area contributed by atoms with Gasteiger partial charge in [-0.15, -0.1) is 0 Å². The first kappa shape index (κ1) is 74.3. The molecule has 76 heavy (non-hydrogen) atoms. The number of ether oxygens (including phenoxy) is 1. The largest absolute Gasteiger partial charge is 0.466 e. The maximum atomic E-state index is 12.5. The number of unbranched alkanes of at least 4 members (excludes halogenated alkanes) is 50. The van der Waals surface area contributed by atoms with Crippen LogP contribution in [0.1, 0.15) is 386 Å². The van der Waals surface area contributed by atoms with Gasteiger partial charge in [0.1, 0.15) is 0 Å². The Balaban J connectivity index is 3.39. The lowest BCUT2D eigenvalue weighted by Gasteiger charge is -2.22. The average molecular weight is 1070 g/mol. The summed E-state index contributed by atoms with van der Waals surface area (Å²) in [6, 6.07) is -0.545. The topological polar surface area (TPSA) is 95.9 Å². The van der Waals surface area contributed by atoms with Gasteiger partial charge in [0.2, 0.25) is 5.91 Å². The van der Waals surface area contributed by atoms with Gasteiger partial charge in [-0.05, 0) is 57.8 Å². The summed E-state index contributed by atoms with van der Waals surface area (Å²) in [6.45, 7) is 4.96. The zero-order valence-corrected chi connectivity index (χ0v) is 51.5. The first-order chi connectivity index (χ1) is 37.5. The third-order valence-corrected chi connectivity index (χ3v) is 16.3. The van der Waals surface area contributed by atoms with Gasteiger partial charge in [0, 0.05) is 12.8 Å². The maximum absolute atomic E-state index is 12.5. The molecule has 1 amide bonds. The number of allylic oxidation sites excluding steroid dienone is 4. The highest BCUT2D eigenvalue weighted by atomic mass is 16.5. The molecule has 2 atom stereocenters. The second-order valence-corrected chi connectivity index (χ2v) is 23.9. The molecule has 0 heterocycles. The quantitative estimate of drug-likeness (QED) is 0.0320. The highest BCUT2D eigenvalue weighted by molar-refractivity contribution is 5.76. The summed E-state index contributed by atoms with van der Waals surface area (Å²) in [4.78, 5) is 24.6. The van der Waals surface area contributed by atoms with Crippen LogP contribution in [0.15, 0.2) is 24.3 Å². The van der Waals surface area contributed by atoms with Crippen LogP contribution in [0.4, 0.5) is 0 Å². The summed E-state index contributed by atoms with van der Waals surface area (Å²) in [6.07, 6.45) is 82.0. The van der Waals surface area contributed by atoms with Crippen LogP contribution in [0.5, 0.6) is 0 Å². The molecule has 0 radical (unpaired) electrons. The molecule has 6 heteroatoms. The molecule has 0 bridgehead atoms. The Morgan fingerprint density at radius 3 is 1.01 bits per heavy atom. The van der Waals surface area contributed by atoms with E-state index in [1.165, 1.54) is 302 Å². The van der Waals surface area contributed by atoms with Crippen molar-refractivity contribution in [2.75, 3.05) is 13.2 Å². The van der Waals surface area contributed by atoms with Gasteiger partial charge in [-0.3, -0.25) is 9.59 Å². The number of carbonyl (C=O) groups is 2. The highest BCUT2D eigenvalue weighted by Crippen LogP contribution is 2.19. The fourth-order valence-electron chi connectivity index (χ4n) is 11.0. The van der Waals surface area contributed by atoms with Crippen molar-refractivity contribution >= 4 is 11.9 Å². The number of aliphatic hydroxyl groups is 2. The molecule has 0 aliphatic heterocycles. The number of rotatable bonds is 65. The molecular weight excluding hydrogens is 935 g/mol. The van der Waals surface area contributed by atoms with Crippen LogP contribution in [0.3, 0.4) is 0 Å². The minimum Gasteiger partial charge on any atom is -0.466 e. The molecule has 3 N–H and O–H groups in total. The molecule has 0 saturated carbocycles. The standard InChI is InChI=1S/C70H135NO5/c1-3-5-7-9-11-13-15-17-19-21-23-24-25-27-30-34-38-42-46-50-54-58-62-68(73)67(66-72)71-69(74)63-59-55-51-47-43-39-35-31-28-26-29-33-37-41-45-49-53-57-61-65-76-70(75)64-60-56-52-48-44-40-36-32-22-20-18-16-14-12-10-8-6-4-2/h14,16,20,22,67-68,72-73H,3-13,15,17-19,21,23-66H2,1-2H3,(H,71,74)/b16-14-,22-20-. The van der Waals surface area contributed by atoms with E-state index < -0.39 is 12.1 Å². The summed E-state index contributed by atoms with van der Waals surface area (Å²) in [7, 11) is 0. The third kappa shape index (κ3) is 61.6. The Bertz CT molecular complexity index is 1190. The third-order valence-electron chi connectivity index (χ3n) is 16.3. The Morgan fingerprint density at radius 1 is 0.368 bits per heavy atom. The Labute approximate surface area is 475 Å². The van der Waals surface area contributed by atoms with Crippen LogP contribution in [0.2, 0.25) is 0 Å². The second kappa shape index (κ2) is 65.9. The lowest BCUT2D eigenvalue weighted by Crippen LogP contribution is -2.45. The Kier molecular flexibility index (Phi) is 64.4. The monoisotopic (exact) mass is 1070 g/mol. The number of hydrogen-bond acceptors (Lipinski definition) is 5. The average Bonchev–Trinajstić information content (AvgIpc) is 3.42. The van der Waals surface area contributed by atoms with Crippen LogP contribution < -0.4 is 5.32 Å². The van der Waals surface area contributed by atoms with E-state index in [2.05, 4.69) is 43.5 Å². The summed E-state index contributed by atoms with van der Waals surface area (Å²) < 4.78 is 5.50. The van der Waals surface area contributed by atoms with Crippen LogP contribution in [0, 0.1) is 0 Å². The van der Waals surface area contributed by atoms with Gasteiger partial charge >= 0.3 is 5.97 Å². The number of aliphatic hydroxyl groups excluding tert-OH is 2. The molecule has 0 spiro atoms. The van der Waals surface area contributed by atoms with Crippen molar-refractivity contribution in [2.45, 2.75) is 398 Å². The van der Waals surface area contributed by atoms with Crippen molar-refractivity contribution in [3.8, 4) is 0 Å². The van der Waals surface area contributed by atoms with E-state index in [0.717, 1.165) is 51.4 Å². The maximum Gasteiger partial charge on any atom is 0.305 e. The van der Waals surface area contributed by atoms with E-state index in [0.29, 0.717) is 25.9 Å². The number of nitrogens with one attached hydrogen (secondary N) is 1. The Morgan fingerprint density at radius 2 is 0.658 bits per heavy atom. The van der Waals surface area contributed by atoms with Gasteiger partial charge in [0.25, 0.3) is 0 Å². The summed E-state index contributed by atoms with van der Waals surface area (Å²) >= 11 is 0. The van der Waals surface area contributed by atoms with Gasteiger partial charge in [0.05, 0.1) is 25.4 Å². The molecule has 0 aromatic carbocycles. The fourth-order valence-corrected chi connectivity index (χ4v) is 11.0. The number of hydrogen-bond donors (Lipinski definition) is 3. The minimum absolute atomic E-state index is 0.00285. The predicted molar refractivity (Wildman–Crippen MR) is 333 cm³/mol. The normalized spacial score (nSPS) is 12.6. The second-order valence-electron chi connectivity index (χ2n) is 23.9. The number of amides is 1. The van der Waals surface area contributed by atoms with Gasteiger partial charge in [-0.2, -0.15) is 0 Å².